The second-order valence-electron chi connectivity index (χ2n) is 5.98. The molecule has 3 aromatic rings. The molecular formula is C17H19N4O+. The molecule has 0 radical (unpaired) electrons. The molecule has 0 amide bonds. The van der Waals surface area contributed by atoms with Crippen molar-refractivity contribution in [2.24, 2.45) is 0 Å². The molecule has 2 heterocycles. The highest BCUT2D eigenvalue weighted by Gasteiger charge is 2.23. The number of hydrogen-bond donors (Lipinski definition) is 1. The summed E-state index contributed by atoms with van der Waals surface area (Å²) in [6, 6.07) is 6.46. The van der Waals surface area contributed by atoms with Crippen molar-refractivity contribution in [3.8, 4) is 0 Å². The van der Waals surface area contributed by atoms with Crippen molar-refractivity contribution in [2.75, 3.05) is 0 Å². The van der Waals surface area contributed by atoms with Gasteiger partial charge in [0.15, 0.2) is 11.0 Å². The molecule has 0 saturated heterocycles. The molecule has 0 atom stereocenters. The molecule has 5 heteroatoms. The molecule has 0 aliphatic heterocycles. The molecule has 5 nitrogen and oxygen atoms in total. The van der Waals surface area contributed by atoms with E-state index < -0.39 is 0 Å². The fourth-order valence-corrected chi connectivity index (χ4v) is 3.41. The zero-order valence-electron chi connectivity index (χ0n) is 12.4. The van der Waals surface area contributed by atoms with Crippen molar-refractivity contribution >= 4 is 16.9 Å². The first kappa shape index (κ1) is 13.2. The molecule has 1 fully saturated rings. The highest BCUT2D eigenvalue weighted by molar-refractivity contribution is 5.98. The lowest BCUT2D eigenvalue weighted by molar-refractivity contribution is -0.701. The van der Waals surface area contributed by atoms with Gasteiger partial charge in [0.25, 0.3) is 5.91 Å². The summed E-state index contributed by atoms with van der Waals surface area (Å²) in [5, 5.41) is 0. The molecule has 4 rings (SSSR count). The minimum atomic E-state index is -0.0572. The van der Waals surface area contributed by atoms with Gasteiger partial charge in [0, 0.05) is 24.0 Å². The lowest BCUT2D eigenvalue weighted by atomic mass is 9.95. The van der Waals surface area contributed by atoms with Crippen molar-refractivity contribution in [2.45, 2.75) is 38.1 Å². The van der Waals surface area contributed by atoms with Gasteiger partial charge in [0.05, 0.1) is 0 Å². The molecule has 112 valence electrons. The second-order valence-corrected chi connectivity index (χ2v) is 5.98. The summed E-state index contributed by atoms with van der Waals surface area (Å²) in [6.45, 7) is 0. The topological polar surface area (TPSA) is 54.6 Å². The Morgan fingerprint density at radius 1 is 1.27 bits per heavy atom. The number of nitrogens with one attached hydrogen (secondary N) is 1. The minimum absolute atomic E-state index is 0.0572. The maximum Gasteiger partial charge on any atom is 0.263 e. The molecule has 0 bridgehead atoms. The number of imidazole rings is 2. The number of benzene rings is 1. The molecule has 2 aromatic heterocycles. The van der Waals surface area contributed by atoms with Crippen molar-refractivity contribution in [3.63, 3.8) is 0 Å². The van der Waals surface area contributed by atoms with E-state index in [4.69, 9.17) is 0 Å². The smallest absolute Gasteiger partial charge is 0.263 e. The van der Waals surface area contributed by atoms with Gasteiger partial charge in [-0.3, -0.25) is 9.36 Å². The minimum Gasteiger partial charge on any atom is -0.272 e. The molecule has 1 aliphatic carbocycles. The average Bonchev–Trinajstić information content (AvgIpc) is 3.24. The van der Waals surface area contributed by atoms with Gasteiger partial charge in [-0.25, -0.2) is 14.5 Å². The third-order valence-electron chi connectivity index (χ3n) is 4.59. The molecule has 22 heavy (non-hydrogen) atoms. The lowest BCUT2D eigenvalue weighted by Crippen LogP contribution is -2.39. The summed E-state index contributed by atoms with van der Waals surface area (Å²) in [5.74, 6) is -0.0572. The van der Waals surface area contributed by atoms with Crippen LogP contribution in [0.25, 0.3) is 11.0 Å². The van der Waals surface area contributed by atoms with E-state index in [-0.39, 0.29) is 5.91 Å². The SMILES string of the molecule is O=C(c1ccc2c(c1)[nH]c[n+]2C1CCCCC1)n1ccnc1. The highest BCUT2D eigenvalue weighted by atomic mass is 16.2. The molecule has 1 N–H and O–H groups in total. The van der Waals surface area contributed by atoms with Crippen molar-refractivity contribution in [1.82, 2.24) is 14.5 Å². The van der Waals surface area contributed by atoms with Gasteiger partial charge >= 0.3 is 0 Å². The Hall–Kier alpha value is -2.43. The predicted octanol–water partition coefficient (Wildman–Crippen LogP) is 2.85. The van der Waals surface area contributed by atoms with Crippen LogP contribution in [0.3, 0.4) is 0 Å². The summed E-state index contributed by atoms with van der Waals surface area (Å²) in [5.41, 5.74) is 2.86. The van der Waals surface area contributed by atoms with Gasteiger partial charge in [0.2, 0.25) is 6.33 Å². The first-order valence-corrected chi connectivity index (χ1v) is 7.88. The van der Waals surface area contributed by atoms with Crippen LogP contribution < -0.4 is 4.57 Å². The number of nitrogens with zero attached hydrogens (tertiary/aromatic N) is 3. The van der Waals surface area contributed by atoms with Gasteiger partial charge in [-0.05, 0) is 37.8 Å². The largest absolute Gasteiger partial charge is 0.272 e. The van der Waals surface area contributed by atoms with Crippen LogP contribution in [0.2, 0.25) is 0 Å². The maximum absolute atomic E-state index is 12.4. The molecule has 0 unspecified atom stereocenters. The Labute approximate surface area is 128 Å². The predicted molar refractivity (Wildman–Crippen MR) is 82.6 cm³/mol. The number of aromatic amines is 1. The fourth-order valence-electron chi connectivity index (χ4n) is 3.41. The van der Waals surface area contributed by atoms with E-state index in [1.807, 2.05) is 24.5 Å². The molecular weight excluding hydrogens is 276 g/mol. The van der Waals surface area contributed by atoms with Gasteiger partial charge in [0.1, 0.15) is 12.4 Å². The molecule has 1 saturated carbocycles. The van der Waals surface area contributed by atoms with E-state index in [9.17, 15) is 4.79 Å². The van der Waals surface area contributed by atoms with Gasteiger partial charge in [-0.2, -0.15) is 0 Å². The Balaban J connectivity index is 1.69. The van der Waals surface area contributed by atoms with E-state index in [0.29, 0.717) is 11.6 Å². The lowest BCUT2D eigenvalue weighted by Gasteiger charge is -2.18. The third-order valence-corrected chi connectivity index (χ3v) is 4.59. The monoisotopic (exact) mass is 295 g/mol. The van der Waals surface area contributed by atoms with Crippen LogP contribution in [0.1, 0.15) is 48.5 Å². The normalized spacial score (nSPS) is 16.2. The Morgan fingerprint density at radius 3 is 2.91 bits per heavy atom. The summed E-state index contributed by atoms with van der Waals surface area (Å²) < 4.78 is 3.83. The first-order valence-electron chi connectivity index (χ1n) is 7.88. The summed E-state index contributed by atoms with van der Waals surface area (Å²) >= 11 is 0. The average molecular weight is 295 g/mol. The van der Waals surface area contributed by atoms with Crippen molar-refractivity contribution < 1.29 is 9.36 Å². The fraction of sp³-hybridized carbons (Fsp3) is 0.353. The van der Waals surface area contributed by atoms with Gasteiger partial charge in [-0.15, -0.1) is 0 Å². The number of H-pyrrole nitrogens is 1. The van der Waals surface area contributed by atoms with Crippen LogP contribution in [0.15, 0.2) is 43.2 Å². The quantitative estimate of drug-likeness (QED) is 0.739. The van der Waals surface area contributed by atoms with Crippen LogP contribution in [0.5, 0.6) is 0 Å². The summed E-state index contributed by atoms with van der Waals surface area (Å²) in [7, 11) is 0. The Morgan fingerprint density at radius 2 is 2.14 bits per heavy atom. The number of carbonyl (C=O) groups is 1. The summed E-state index contributed by atoms with van der Waals surface area (Å²) in [4.78, 5) is 19.6. The van der Waals surface area contributed by atoms with Crippen LogP contribution in [0, 0.1) is 0 Å². The van der Waals surface area contributed by atoms with Crippen molar-refractivity contribution in [3.05, 3.63) is 48.8 Å². The number of hydrogen-bond acceptors (Lipinski definition) is 2. The van der Waals surface area contributed by atoms with Crippen LogP contribution in [0.4, 0.5) is 0 Å². The van der Waals surface area contributed by atoms with Gasteiger partial charge < -0.3 is 0 Å². The van der Waals surface area contributed by atoms with E-state index in [2.05, 4.69) is 14.5 Å². The Bertz CT molecular complexity index is 797. The first-order chi connectivity index (χ1) is 10.8. The number of carbonyl (C=O) groups excluding carboxylic acids is 1. The Kier molecular flexibility index (Phi) is 3.25. The van der Waals surface area contributed by atoms with Crippen LogP contribution in [-0.4, -0.2) is 20.4 Å². The van der Waals surface area contributed by atoms with Crippen LogP contribution >= 0.6 is 0 Å². The molecule has 0 spiro atoms. The van der Waals surface area contributed by atoms with Crippen molar-refractivity contribution in [1.29, 1.82) is 0 Å². The number of fused-ring (bicyclic) bond motifs is 1. The van der Waals surface area contributed by atoms with E-state index in [0.717, 1.165) is 5.52 Å². The van der Waals surface area contributed by atoms with Gasteiger partial charge in [-0.1, -0.05) is 6.42 Å². The summed E-state index contributed by atoms with van der Waals surface area (Å²) in [6.07, 6.45) is 13.3. The second kappa shape index (κ2) is 5.40. The zero-order valence-corrected chi connectivity index (χ0v) is 12.4. The zero-order chi connectivity index (χ0) is 14.9. The highest BCUT2D eigenvalue weighted by Crippen LogP contribution is 2.25. The van der Waals surface area contributed by atoms with E-state index >= 15 is 0 Å². The third kappa shape index (κ3) is 2.22. The maximum atomic E-state index is 12.4. The number of rotatable bonds is 2. The molecule has 1 aliphatic rings. The van der Waals surface area contributed by atoms with E-state index in [1.165, 1.54) is 48.5 Å². The molecule has 1 aromatic carbocycles. The van der Waals surface area contributed by atoms with E-state index in [1.54, 1.807) is 12.4 Å². The standard InChI is InChI=1S/C17H18N4O/c22-17(20-9-8-18-11-20)13-6-7-16-15(10-13)19-12-21(16)14-4-2-1-3-5-14/h6-12,14H,1-5H2/p+1. The number of aromatic nitrogens is 4. The van der Waals surface area contributed by atoms with Crippen LogP contribution in [-0.2, 0) is 0 Å².